The number of benzene rings is 1. The van der Waals surface area contributed by atoms with Crippen LogP contribution >= 0.6 is 15.9 Å². The molecule has 0 aliphatic carbocycles. The molecule has 0 radical (unpaired) electrons. The first-order chi connectivity index (χ1) is 9.50. The zero-order chi connectivity index (χ0) is 14.7. The third kappa shape index (κ3) is 2.99. The van der Waals surface area contributed by atoms with Crippen LogP contribution in [0.15, 0.2) is 41.0 Å². The van der Waals surface area contributed by atoms with Gasteiger partial charge < -0.3 is 10.0 Å². The Morgan fingerprint density at radius 3 is 2.70 bits per heavy atom. The molecule has 4 nitrogen and oxygen atoms in total. The van der Waals surface area contributed by atoms with Crippen LogP contribution in [0.3, 0.4) is 0 Å². The molecule has 20 heavy (non-hydrogen) atoms. The highest BCUT2D eigenvalue weighted by Crippen LogP contribution is 2.24. The van der Waals surface area contributed by atoms with Crippen molar-refractivity contribution in [3.63, 3.8) is 0 Å². The average molecular weight is 335 g/mol. The van der Waals surface area contributed by atoms with Crippen molar-refractivity contribution in [2.24, 2.45) is 0 Å². The number of carbonyl (C=O) groups is 1. The molecule has 1 aromatic carbocycles. The fourth-order valence-electron chi connectivity index (χ4n) is 2.05. The van der Waals surface area contributed by atoms with E-state index in [1.165, 1.54) is 0 Å². The van der Waals surface area contributed by atoms with Crippen LogP contribution in [-0.2, 0) is 6.54 Å². The Labute approximate surface area is 126 Å². The standard InChI is InChI=1S/C15H15BrN2O2/c1-10-7-8-17-14(13(10)15(19)20)18(2)9-11-5-3-4-6-12(11)16/h3-8H,9H2,1-2H3,(H,19,20). The maximum atomic E-state index is 11.4. The van der Waals surface area contributed by atoms with Gasteiger partial charge in [0.15, 0.2) is 0 Å². The lowest BCUT2D eigenvalue weighted by Gasteiger charge is -2.21. The number of rotatable bonds is 4. The monoisotopic (exact) mass is 334 g/mol. The van der Waals surface area contributed by atoms with Crippen molar-refractivity contribution in [1.29, 1.82) is 0 Å². The quantitative estimate of drug-likeness (QED) is 0.929. The molecule has 0 saturated heterocycles. The van der Waals surface area contributed by atoms with Gasteiger partial charge in [0, 0.05) is 24.3 Å². The third-order valence-corrected chi connectivity index (χ3v) is 3.85. The van der Waals surface area contributed by atoms with Crippen LogP contribution in [0.1, 0.15) is 21.5 Å². The van der Waals surface area contributed by atoms with Crippen LogP contribution in [0.4, 0.5) is 5.82 Å². The summed E-state index contributed by atoms with van der Waals surface area (Å²) in [6.07, 6.45) is 1.63. The van der Waals surface area contributed by atoms with Crippen LogP contribution in [0.2, 0.25) is 0 Å². The van der Waals surface area contributed by atoms with Crippen molar-refractivity contribution in [2.75, 3.05) is 11.9 Å². The van der Waals surface area contributed by atoms with Gasteiger partial charge in [-0.15, -0.1) is 0 Å². The predicted molar refractivity (Wildman–Crippen MR) is 82.2 cm³/mol. The molecular weight excluding hydrogens is 320 g/mol. The lowest BCUT2D eigenvalue weighted by molar-refractivity contribution is 0.0696. The summed E-state index contributed by atoms with van der Waals surface area (Å²) in [4.78, 5) is 17.5. The van der Waals surface area contributed by atoms with Crippen LogP contribution in [-0.4, -0.2) is 23.1 Å². The minimum Gasteiger partial charge on any atom is -0.478 e. The second kappa shape index (κ2) is 6.05. The maximum absolute atomic E-state index is 11.4. The second-order valence-corrected chi connectivity index (χ2v) is 5.43. The summed E-state index contributed by atoms with van der Waals surface area (Å²) in [5.74, 6) is -0.474. The van der Waals surface area contributed by atoms with Crippen molar-refractivity contribution in [3.05, 3.63) is 57.7 Å². The normalized spacial score (nSPS) is 10.3. The van der Waals surface area contributed by atoms with E-state index in [-0.39, 0.29) is 5.56 Å². The van der Waals surface area contributed by atoms with Crippen molar-refractivity contribution < 1.29 is 9.90 Å². The molecule has 0 saturated carbocycles. The van der Waals surface area contributed by atoms with Gasteiger partial charge in [-0.2, -0.15) is 0 Å². The van der Waals surface area contributed by atoms with Gasteiger partial charge in [0.25, 0.3) is 0 Å². The Kier molecular flexibility index (Phi) is 4.39. The molecule has 0 spiro atoms. The second-order valence-electron chi connectivity index (χ2n) is 4.58. The van der Waals surface area contributed by atoms with E-state index in [9.17, 15) is 9.90 Å². The first kappa shape index (κ1) is 14.5. The van der Waals surface area contributed by atoms with E-state index in [0.29, 0.717) is 17.9 Å². The molecule has 1 N–H and O–H groups in total. The van der Waals surface area contributed by atoms with E-state index in [4.69, 9.17) is 0 Å². The number of nitrogens with zero attached hydrogens (tertiary/aromatic N) is 2. The van der Waals surface area contributed by atoms with Crippen molar-refractivity contribution >= 4 is 27.7 Å². The molecule has 0 amide bonds. The Balaban J connectivity index is 2.35. The Hall–Kier alpha value is -1.88. The minimum atomic E-state index is -0.954. The number of aromatic carboxylic acids is 1. The van der Waals surface area contributed by atoms with Gasteiger partial charge in [0.05, 0.1) is 0 Å². The lowest BCUT2D eigenvalue weighted by atomic mass is 10.1. The molecule has 0 atom stereocenters. The summed E-state index contributed by atoms with van der Waals surface area (Å²) in [6, 6.07) is 9.57. The number of hydrogen-bond donors (Lipinski definition) is 1. The first-order valence-corrected chi connectivity index (χ1v) is 6.93. The summed E-state index contributed by atoms with van der Waals surface area (Å²) >= 11 is 3.50. The smallest absolute Gasteiger partial charge is 0.339 e. The Bertz CT molecular complexity index is 644. The van der Waals surface area contributed by atoms with Gasteiger partial charge in [0.1, 0.15) is 11.4 Å². The van der Waals surface area contributed by atoms with Crippen LogP contribution in [0.25, 0.3) is 0 Å². The predicted octanol–water partition coefficient (Wildman–Crippen LogP) is 3.49. The number of pyridine rings is 1. The molecule has 1 aromatic heterocycles. The number of aromatic nitrogens is 1. The summed E-state index contributed by atoms with van der Waals surface area (Å²) < 4.78 is 0.997. The van der Waals surface area contributed by atoms with Gasteiger partial charge >= 0.3 is 5.97 Å². The summed E-state index contributed by atoms with van der Waals surface area (Å²) in [6.45, 7) is 2.36. The van der Waals surface area contributed by atoms with E-state index >= 15 is 0 Å². The van der Waals surface area contributed by atoms with Gasteiger partial charge in [-0.25, -0.2) is 9.78 Å². The maximum Gasteiger partial charge on any atom is 0.339 e. The molecule has 0 aliphatic heterocycles. The number of halogens is 1. The molecule has 1 heterocycles. The van der Waals surface area contributed by atoms with Crippen molar-refractivity contribution in [1.82, 2.24) is 4.98 Å². The highest BCUT2D eigenvalue weighted by molar-refractivity contribution is 9.10. The third-order valence-electron chi connectivity index (χ3n) is 3.08. The topological polar surface area (TPSA) is 53.4 Å². The largest absolute Gasteiger partial charge is 0.478 e. The van der Waals surface area contributed by atoms with Crippen LogP contribution < -0.4 is 4.90 Å². The summed E-state index contributed by atoms with van der Waals surface area (Å²) in [5.41, 5.74) is 2.04. The van der Waals surface area contributed by atoms with E-state index in [0.717, 1.165) is 10.0 Å². The molecule has 2 rings (SSSR count). The van der Waals surface area contributed by atoms with Crippen LogP contribution in [0.5, 0.6) is 0 Å². The molecule has 5 heteroatoms. The number of aryl methyl sites for hydroxylation is 1. The van der Waals surface area contributed by atoms with Crippen molar-refractivity contribution in [3.8, 4) is 0 Å². The van der Waals surface area contributed by atoms with Gasteiger partial charge in [-0.05, 0) is 30.2 Å². The Morgan fingerprint density at radius 1 is 1.35 bits per heavy atom. The van der Waals surface area contributed by atoms with Gasteiger partial charge in [-0.3, -0.25) is 0 Å². The Morgan fingerprint density at radius 2 is 2.05 bits per heavy atom. The van der Waals surface area contributed by atoms with E-state index in [1.807, 2.05) is 36.2 Å². The number of carboxylic acids is 1. The van der Waals surface area contributed by atoms with Gasteiger partial charge in [-0.1, -0.05) is 34.1 Å². The molecule has 2 aromatic rings. The number of hydrogen-bond acceptors (Lipinski definition) is 3. The molecular formula is C15H15BrN2O2. The molecule has 0 aliphatic rings. The van der Waals surface area contributed by atoms with Gasteiger partial charge in [0.2, 0.25) is 0 Å². The molecule has 0 bridgehead atoms. The van der Waals surface area contributed by atoms with E-state index < -0.39 is 5.97 Å². The number of carboxylic acid groups (broad SMARTS) is 1. The zero-order valence-corrected chi connectivity index (χ0v) is 12.9. The number of anilines is 1. The fraction of sp³-hybridized carbons (Fsp3) is 0.200. The first-order valence-electron chi connectivity index (χ1n) is 6.14. The van der Waals surface area contributed by atoms with Crippen molar-refractivity contribution in [2.45, 2.75) is 13.5 Å². The minimum absolute atomic E-state index is 0.252. The highest BCUT2D eigenvalue weighted by Gasteiger charge is 2.18. The van der Waals surface area contributed by atoms with E-state index in [1.54, 1.807) is 19.2 Å². The molecule has 0 unspecified atom stereocenters. The highest BCUT2D eigenvalue weighted by atomic mass is 79.9. The fourth-order valence-corrected chi connectivity index (χ4v) is 2.46. The zero-order valence-electron chi connectivity index (χ0n) is 11.3. The van der Waals surface area contributed by atoms with Crippen LogP contribution in [0, 0.1) is 6.92 Å². The molecule has 104 valence electrons. The molecule has 0 fully saturated rings. The average Bonchev–Trinajstić information content (AvgIpc) is 2.40. The lowest BCUT2D eigenvalue weighted by Crippen LogP contribution is -2.21. The SMILES string of the molecule is Cc1ccnc(N(C)Cc2ccccc2Br)c1C(=O)O. The summed E-state index contributed by atoms with van der Waals surface area (Å²) in [7, 11) is 1.84. The van der Waals surface area contributed by atoms with E-state index in [2.05, 4.69) is 20.9 Å². The summed E-state index contributed by atoms with van der Waals surface area (Å²) in [5, 5.41) is 9.34.